The number of ether oxygens (including phenoxy) is 1. The second-order valence-electron chi connectivity index (χ2n) is 5.84. The first-order chi connectivity index (χ1) is 10.6. The van der Waals surface area contributed by atoms with Gasteiger partial charge in [0.1, 0.15) is 5.69 Å². The van der Waals surface area contributed by atoms with Crippen LogP contribution < -0.4 is 5.76 Å². The van der Waals surface area contributed by atoms with Crippen LogP contribution in [0, 0.1) is 5.82 Å². The Bertz CT molecular complexity index is 805. The van der Waals surface area contributed by atoms with Crippen molar-refractivity contribution in [2.75, 3.05) is 6.61 Å². The molecule has 23 heavy (non-hydrogen) atoms. The van der Waals surface area contributed by atoms with E-state index in [0.29, 0.717) is 0 Å². The first-order valence-corrected chi connectivity index (χ1v) is 7.30. The third-order valence-corrected chi connectivity index (χ3v) is 3.26. The summed E-state index contributed by atoms with van der Waals surface area (Å²) < 4.78 is 24.8. The van der Waals surface area contributed by atoms with Crippen LogP contribution in [0.2, 0.25) is 5.02 Å². The Labute approximate surface area is 136 Å². The molecule has 2 aromatic rings. The van der Waals surface area contributed by atoms with Gasteiger partial charge in [0.15, 0.2) is 5.82 Å². The predicted molar refractivity (Wildman–Crippen MR) is 81.7 cm³/mol. The molecule has 0 spiro atoms. The maximum atomic E-state index is 14.2. The van der Waals surface area contributed by atoms with E-state index in [1.165, 1.54) is 0 Å². The van der Waals surface area contributed by atoms with Gasteiger partial charge in [0.05, 0.1) is 17.2 Å². The number of esters is 1. The molecule has 1 heterocycles. The molecule has 0 aliphatic carbocycles. The summed E-state index contributed by atoms with van der Waals surface area (Å²) in [4.78, 5) is 23.8. The van der Waals surface area contributed by atoms with Crippen LogP contribution in [0.5, 0.6) is 0 Å². The van der Waals surface area contributed by atoms with Crippen molar-refractivity contribution in [2.24, 2.45) is 0 Å². The van der Waals surface area contributed by atoms with Crippen LogP contribution in [0.15, 0.2) is 21.3 Å². The van der Waals surface area contributed by atoms with E-state index >= 15 is 0 Å². The number of hydrogen-bond acceptors (Lipinski definition) is 5. The summed E-state index contributed by atoms with van der Waals surface area (Å²) >= 11 is 5.87. The second kappa shape index (κ2) is 6.16. The van der Waals surface area contributed by atoms with Gasteiger partial charge in [-0.05, 0) is 19.1 Å². The SMILES string of the molecule is CCOC(=O)c1cc(-n2nc(C(C)(C)C)oc2=O)c(F)cc1Cl. The maximum Gasteiger partial charge on any atom is 0.442 e. The topological polar surface area (TPSA) is 74.3 Å². The van der Waals surface area contributed by atoms with Gasteiger partial charge in [-0.15, -0.1) is 5.10 Å². The summed E-state index contributed by atoms with van der Waals surface area (Å²) in [6, 6.07) is 2.05. The molecule has 0 atom stereocenters. The number of hydrogen-bond donors (Lipinski definition) is 0. The van der Waals surface area contributed by atoms with E-state index in [-0.39, 0.29) is 28.8 Å². The Morgan fingerprint density at radius 1 is 1.43 bits per heavy atom. The Morgan fingerprint density at radius 2 is 2.09 bits per heavy atom. The lowest BCUT2D eigenvalue weighted by atomic mass is 9.97. The van der Waals surface area contributed by atoms with Gasteiger partial charge in [-0.25, -0.2) is 14.0 Å². The third kappa shape index (κ3) is 3.44. The molecule has 8 heteroatoms. The van der Waals surface area contributed by atoms with Crippen LogP contribution >= 0.6 is 11.6 Å². The minimum atomic E-state index is -0.856. The minimum absolute atomic E-state index is 0.0582. The number of aromatic nitrogens is 2. The smallest absolute Gasteiger partial charge is 0.442 e. The Balaban J connectivity index is 2.60. The van der Waals surface area contributed by atoms with Crippen molar-refractivity contribution in [3.8, 4) is 5.69 Å². The van der Waals surface area contributed by atoms with Crippen LogP contribution in [0.1, 0.15) is 43.9 Å². The van der Waals surface area contributed by atoms with Gasteiger partial charge in [-0.3, -0.25) is 0 Å². The van der Waals surface area contributed by atoms with E-state index in [0.717, 1.165) is 16.8 Å². The third-order valence-electron chi connectivity index (χ3n) is 2.95. The highest BCUT2D eigenvalue weighted by atomic mass is 35.5. The first-order valence-electron chi connectivity index (χ1n) is 6.92. The van der Waals surface area contributed by atoms with Crippen molar-refractivity contribution < 1.29 is 18.3 Å². The van der Waals surface area contributed by atoms with Gasteiger partial charge in [0.2, 0.25) is 5.89 Å². The molecule has 124 valence electrons. The quantitative estimate of drug-likeness (QED) is 0.801. The van der Waals surface area contributed by atoms with E-state index in [2.05, 4.69) is 5.10 Å². The summed E-state index contributed by atoms with van der Waals surface area (Å²) in [5, 5.41) is 3.88. The van der Waals surface area contributed by atoms with Crippen LogP contribution in [-0.4, -0.2) is 22.4 Å². The van der Waals surface area contributed by atoms with Crippen molar-refractivity contribution in [3.63, 3.8) is 0 Å². The summed E-state index contributed by atoms with van der Waals surface area (Å²) in [7, 11) is 0. The molecule has 6 nitrogen and oxygen atoms in total. The monoisotopic (exact) mass is 342 g/mol. The van der Waals surface area contributed by atoms with Gasteiger partial charge in [-0.2, -0.15) is 4.68 Å². The largest absolute Gasteiger partial charge is 0.462 e. The number of benzene rings is 1. The van der Waals surface area contributed by atoms with Gasteiger partial charge in [-0.1, -0.05) is 32.4 Å². The molecule has 0 aliphatic rings. The molecule has 0 amide bonds. The lowest BCUT2D eigenvalue weighted by molar-refractivity contribution is 0.0526. The van der Waals surface area contributed by atoms with Crippen molar-refractivity contribution >= 4 is 17.6 Å². The minimum Gasteiger partial charge on any atom is -0.462 e. The molecule has 1 aromatic carbocycles. The number of nitrogens with zero attached hydrogens (tertiary/aromatic N) is 2. The standard InChI is InChI=1S/C15H16ClFN2O4/c1-5-22-12(20)8-6-11(10(17)7-9(8)16)19-14(21)23-13(18-19)15(2,3)4/h6-7H,5H2,1-4H3. The molecule has 0 aliphatic heterocycles. The molecule has 0 N–H and O–H groups in total. The van der Waals surface area contributed by atoms with Crippen molar-refractivity contribution in [3.05, 3.63) is 45.0 Å². The van der Waals surface area contributed by atoms with E-state index in [1.54, 1.807) is 27.7 Å². The predicted octanol–water partition coefficient (Wildman–Crippen LogP) is 3.09. The average molecular weight is 343 g/mol. The van der Waals surface area contributed by atoms with Crippen LogP contribution in [0.25, 0.3) is 5.69 Å². The van der Waals surface area contributed by atoms with Crippen molar-refractivity contribution in [2.45, 2.75) is 33.1 Å². The maximum absolute atomic E-state index is 14.2. The molecule has 2 rings (SSSR count). The Kier molecular flexibility index (Phi) is 4.61. The number of carbonyl (C=O) groups excluding carboxylic acids is 1. The van der Waals surface area contributed by atoms with Crippen molar-refractivity contribution in [1.82, 2.24) is 9.78 Å². The summed E-state index contributed by atoms with van der Waals surface area (Å²) in [6.07, 6.45) is 0. The fourth-order valence-electron chi connectivity index (χ4n) is 1.80. The lowest BCUT2D eigenvalue weighted by Crippen LogP contribution is -2.17. The highest BCUT2D eigenvalue weighted by Gasteiger charge is 2.25. The highest BCUT2D eigenvalue weighted by molar-refractivity contribution is 6.33. The number of halogens is 2. The fraction of sp³-hybridized carbons (Fsp3) is 0.400. The molecule has 0 saturated carbocycles. The summed E-state index contributed by atoms with van der Waals surface area (Å²) in [5.41, 5.74) is -0.823. The normalized spacial score (nSPS) is 11.6. The van der Waals surface area contributed by atoms with Crippen LogP contribution in [0.4, 0.5) is 4.39 Å². The van der Waals surface area contributed by atoms with Crippen molar-refractivity contribution in [1.29, 1.82) is 0 Å². The molecule has 1 aromatic heterocycles. The van der Waals surface area contributed by atoms with E-state index in [9.17, 15) is 14.0 Å². The summed E-state index contributed by atoms with van der Waals surface area (Å²) in [5.74, 6) is -2.23. The zero-order chi connectivity index (χ0) is 17.4. The lowest BCUT2D eigenvalue weighted by Gasteiger charge is -2.11. The molecule has 0 fully saturated rings. The number of rotatable bonds is 3. The Hall–Kier alpha value is -2.15. The zero-order valence-corrected chi connectivity index (χ0v) is 13.9. The van der Waals surface area contributed by atoms with Gasteiger partial charge in [0, 0.05) is 5.41 Å². The molecule has 0 bridgehead atoms. The molecular formula is C15H16ClFN2O4. The molecule has 0 saturated heterocycles. The Morgan fingerprint density at radius 3 is 2.61 bits per heavy atom. The highest BCUT2D eigenvalue weighted by Crippen LogP contribution is 2.25. The zero-order valence-electron chi connectivity index (χ0n) is 13.1. The average Bonchev–Trinajstić information content (AvgIpc) is 2.81. The van der Waals surface area contributed by atoms with Gasteiger partial charge >= 0.3 is 11.7 Å². The molecule has 0 radical (unpaired) electrons. The molecular weight excluding hydrogens is 327 g/mol. The van der Waals surface area contributed by atoms with Crippen LogP contribution in [-0.2, 0) is 10.2 Å². The second-order valence-corrected chi connectivity index (χ2v) is 6.25. The van der Waals surface area contributed by atoms with E-state index in [1.807, 2.05) is 0 Å². The number of carbonyl (C=O) groups is 1. The van der Waals surface area contributed by atoms with Gasteiger partial charge in [0.25, 0.3) is 0 Å². The van der Waals surface area contributed by atoms with E-state index in [4.69, 9.17) is 20.8 Å². The van der Waals surface area contributed by atoms with Gasteiger partial charge < -0.3 is 9.15 Å². The van der Waals surface area contributed by atoms with Crippen LogP contribution in [0.3, 0.4) is 0 Å². The summed E-state index contributed by atoms with van der Waals surface area (Å²) in [6.45, 7) is 7.16. The fourth-order valence-corrected chi connectivity index (χ4v) is 2.03. The van der Waals surface area contributed by atoms with E-state index < -0.39 is 23.0 Å². The first kappa shape index (κ1) is 17.2. The molecule has 0 unspecified atom stereocenters.